The number of halogens is 1. The third-order valence-electron chi connectivity index (χ3n) is 2.97. The third kappa shape index (κ3) is 2.87. The van der Waals surface area contributed by atoms with Crippen molar-refractivity contribution in [1.29, 1.82) is 0 Å². The first kappa shape index (κ1) is 13.8. The summed E-state index contributed by atoms with van der Waals surface area (Å²) in [6, 6.07) is 4.30. The molecule has 0 radical (unpaired) electrons. The molecule has 2 rings (SSSR count). The highest BCUT2D eigenvalue weighted by atomic mass is 79.9. The topological polar surface area (TPSA) is 92.9 Å². The van der Waals surface area contributed by atoms with E-state index in [-0.39, 0.29) is 12.2 Å². The highest BCUT2D eigenvalue weighted by Crippen LogP contribution is 2.26. The lowest BCUT2D eigenvalue weighted by molar-refractivity contribution is -0.121. The quantitative estimate of drug-likeness (QED) is 0.857. The fourth-order valence-electron chi connectivity index (χ4n) is 2.00. The summed E-state index contributed by atoms with van der Waals surface area (Å²) < 4.78 is 5.70. The van der Waals surface area contributed by atoms with Gasteiger partial charge in [0.1, 0.15) is 6.04 Å². The fraction of sp³-hybridized carbons (Fsp3) is 0.333. The molecule has 0 aromatic heterocycles. The van der Waals surface area contributed by atoms with Crippen molar-refractivity contribution in [1.82, 2.24) is 0 Å². The SMILES string of the molecule is NC(=O)C1COCCN1c1ccc(C(=O)O)c(Br)c1. The molecule has 7 heteroatoms. The van der Waals surface area contributed by atoms with E-state index in [4.69, 9.17) is 15.6 Å². The second kappa shape index (κ2) is 5.58. The van der Waals surface area contributed by atoms with Crippen LogP contribution in [0.2, 0.25) is 0 Å². The molecule has 0 aliphatic carbocycles. The number of rotatable bonds is 3. The van der Waals surface area contributed by atoms with Crippen molar-refractivity contribution in [2.75, 3.05) is 24.7 Å². The number of hydrogen-bond acceptors (Lipinski definition) is 4. The van der Waals surface area contributed by atoms with Crippen LogP contribution in [0.5, 0.6) is 0 Å². The van der Waals surface area contributed by atoms with Gasteiger partial charge in [0.05, 0.1) is 18.8 Å². The van der Waals surface area contributed by atoms with E-state index < -0.39 is 17.9 Å². The van der Waals surface area contributed by atoms with Crippen molar-refractivity contribution in [3.63, 3.8) is 0 Å². The van der Waals surface area contributed by atoms with E-state index in [1.54, 1.807) is 12.1 Å². The Morgan fingerprint density at radius 2 is 2.21 bits per heavy atom. The van der Waals surface area contributed by atoms with Crippen LogP contribution in [0.15, 0.2) is 22.7 Å². The molecule has 0 saturated carbocycles. The van der Waals surface area contributed by atoms with E-state index in [9.17, 15) is 9.59 Å². The Bertz CT molecular complexity index is 520. The smallest absolute Gasteiger partial charge is 0.336 e. The van der Waals surface area contributed by atoms with Gasteiger partial charge in [-0.1, -0.05) is 0 Å². The van der Waals surface area contributed by atoms with Crippen LogP contribution in [0.4, 0.5) is 5.69 Å². The summed E-state index contributed by atoms with van der Waals surface area (Å²) in [7, 11) is 0. The summed E-state index contributed by atoms with van der Waals surface area (Å²) >= 11 is 3.22. The molecule has 1 unspecified atom stereocenters. The van der Waals surface area contributed by atoms with Crippen LogP contribution in [-0.2, 0) is 9.53 Å². The van der Waals surface area contributed by atoms with E-state index in [2.05, 4.69) is 15.9 Å². The maximum atomic E-state index is 11.4. The number of anilines is 1. The minimum atomic E-state index is -1.01. The minimum Gasteiger partial charge on any atom is -0.478 e. The molecule has 1 atom stereocenters. The van der Waals surface area contributed by atoms with Crippen LogP contribution >= 0.6 is 15.9 Å². The zero-order valence-corrected chi connectivity index (χ0v) is 11.6. The summed E-state index contributed by atoms with van der Waals surface area (Å²) in [4.78, 5) is 24.2. The van der Waals surface area contributed by atoms with Gasteiger partial charge >= 0.3 is 5.97 Å². The lowest BCUT2D eigenvalue weighted by Crippen LogP contribution is -2.52. The maximum Gasteiger partial charge on any atom is 0.336 e. The first-order valence-corrected chi connectivity index (χ1v) is 6.46. The Balaban J connectivity index is 2.32. The Hall–Kier alpha value is -1.60. The number of nitrogens with zero attached hydrogens (tertiary/aromatic N) is 1. The predicted octanol–water partition coefficient (Wildman–Crippen LogP) is 0.838. The number of aromatic carboxylic acids is 1. The molecule has 1 aromatic carbocycles. The lowest BCUT2D eigenvalue weighted by Gasteiger charge is -2.35. The normalized spacial score (nSPS) is 19.2. The zero-order chi connectivity index (χ0) is 14.0. The van der Waals surface area contributed by atoms with Gasteiger partial charge < -0.3 is 20.5 Å². The van der Waals surface area contributed by atoms with Gasteiger partial charge in [0, 0.05) is 16.7 Å². The number of nitrogens with two attached hydrogens (primary N) is 1. The zero-order valence-electron chi connectivity index (χ0n) is 10.0. The molecule has 1 amide bonds. The first-order valence-electron chi connectivity index (χ1n) is 5.67. The number of hydrogen-bond donors (Lipinski definition) is 2. The van der Waals surface area contributed by atoms with Gasteiger partial charge in [-0.05, 0) is 34.1 Å². The van der Waals surface area contributed by atoms with E-state index in [1.807, 2.05) is 4.90 Å². The van der Waals surface area contributed by atoms with Crippen molar-refractivity contribution in [3.8, 4) is 0 Å². The molecular formula is C12H13BrN2O4. The molecular weight excluding hydrogens is 316 g/mol. The summed E-state index contributed by atoms with van der Waals surface area (Å²) in [5.74, 6) is -1.47. The molecule has 1 heterocycles. The van der Waals surface area contributed by atoms with Gasteiger partial charge in [-0.3, -0.25) is 4.79 Å². The molecule has 0 spiro atoms. The standard InChI is InChI=1S/C12H13BrN2O4/c13-9-5-7(1-2-8(9)12(17)18)15-3-4-19-6-10(15)11(14)16/h1-2,5,10H,3-4,6H2,(H2,14,16)(H,17,18). The van der Waals surface area contributed by atoms with E-state index in [1.165, 1.54) is 6.07 Å². The number of carbonyl (C=O) groups excluding carboxylic acids is 1. The van der Waals surface area contributed by atoms with Crippen LogP contribution < -0.4 is 10.6 Å². The van der Waals surface area contributed by atoms with Crippen LogP contribution in [-0.4, -0.2) is 42.8 Å². The molecule has 1 fully saturated rings. The summed E-state index contributed by atoms with van der Waals surface area (Å²) in [5, 5.41) is 8.97. The predicted molar refractivity (Wildman–Crippen MR) is 72.2 cm³/mol. The number of benzene rings is 1. The second-order valence-corrected chi connectivity index (χ2v) is 5.01. The van der Waals surface area contributed by atoms with Gasteiger partial charge in [-0.25, -0.2) is 4.79 Å². The summed E-state index contributed by atoms with van der Waals surface area (Å²) in [6.45, 7) is 1.28. The van der Waals surface area contributed by atoms with E-state index >= 15 is 0 Å². The number of morpholine rings is 1. The van der Waals surface area contributed by atoms with Crippen molar-refractivity contribution in [2.24, 2.45) is 5.73 Å². The molecule has 19 heavy (non-hydrogen) atoms. The molecule has 1 aliphatic rings. The van der Waals surface area contributed by atoms with Gasteiger partial charge in [0.15, 0.2) is 0 Å². The van der Waals surface area contributed by atoms with Crippen LogP contribution in [0, 0.1) is 0 Å². The third-order valence-corrected chi connectivity index (χ3v) is 3.63. The molecule has 3 N–H and O–H groups in total. The summed E-state index contributed by atoms with van der Waals surface area (Å²) in [5.41, 5.74) is 6.26. The first-order chi connectivity index (χ1) is 9.00. The number of carbonyl (C=O) groups is 2. The number of carboxylic acids is 1. The number of ether oxygens (including phenoxy) is 1. The molecule has 1 aliphatic heterocycles. The Morgan fingerprint density at radius 3 is 2.79 bits per heavy atom. The van der Waals surface area contributed by atoms with Crippen molar-refractivity contribution in [3.05, 3.63) is 28.2 Å². The van der Waals surface area contributed by atoms with Crippen LogP contribution in [0.1, 0.15) is 10.4 Å². The van der Waals surface area contributed by atoms with Gasteiger partial charge in [0.2, 0.25) is 5.91 Å². The Morgan fingerprint density at radius 1 is 1.47 bits per heavy atom. The fourth-order valence-corrected chi connectivity index (χ4v) is 2.54. The van der Waals surface area contributed by atoms with Crippen molar-refractivity contribution >= 4 is 33.5 Å². The number of carboxylic acid groups (broad SMARTS) is 1. The van der Waals surface area contributed by atoms with Crippen LogP contribution in [0.25, 0.3) is 0 Å². The molecule has 1 saturated heterocycles. The maximum absolute atomic E-state index is 11.4. The number of primary amides is 1. The van der Waals surface area contributed by atoms with Crippen molar-refractivity contribution < 1.29 is 19.4 Å². The highest BCUT2D eigenvalue weighted by molar-refractivity contribution is 9.10. The average molecular weight is 329 g/mol. The van der Waals surface area contributed by atoms with Gasteiger partial charge in [-0.2, -0.15) is 0 Å². The van der Waals surface area contributed by atoms with Crippen molar-refractivity contribution in [2.45, 2.75) is 6.04 Å². The van der Waals surface area contributed by atoms with Gasteiger partial charge in [-0.15, -0.1) is 0 Å². The summed E-state index contributed by atoms with van der Waals surface area (Å²) in [6.07, 6.45) is 0. The van der Waals surface area contributed by atoms with E-state index in [0.29, 0.717) is 17.6 Å². The number of amides is 1. The monoisotopic (exact) mass is 328 g/mol. The molecule has 0 bridgehead atoms. The second-order valence-electron chi connectivity index (χ2n) is 4.16. The van der Waals surface area contributed by atoms with E-state index in [0.717, 1.165) is 5.69 Å². The average Bonchev–Trinajstić information content (AvgIpc) is 2.38. The minimum absolute atomic E-state index is 0.174. The Labute approximate surface area is 118 Å². The lowest BCUT2D eigenvalue weighted by atomic mass is 10.1. The molecule has 1 aromatic rings. The molecule has 102 valence electrons. The van der Waals surface area contributed by atoms with Gasteiger partial charge in [0.25, 0.3) is 0 Å². The van der Waals surface area contributed by atoms with Crippen LogP contribution in [0.3, 0.4) is 0 Å². The highest BCUT2D eigenvalue weighted by Gasteiger charge is 2.28. The Kier molecular flexibility index (Phi) is 4.06. The molecule has 6 nitrogen and oxygen atoms in total. The largest absolute Gasteiger partial charge is 0.478 e.